The minimum atomic E-state index is 0.0626. The summed E-state index contributed by atoms with van der Waals surface area (Å²) in [5.74, 6) is 1.43. The fourth-order valence-electron chi connectivity index (χ4n) is 5.57. The predicted molar refractivity (Wildman–Crippen MR) is 132 cm³/mol. The molecule has 2 heterocycles. The Labute approximate surface area is 202 Å². The summed E-state index contributed by atoms with van der Waals surface area (Å²) >= 11 is 0. The summed E-state index contributed by atoms with van der Waals surface area (Å²) < 4.78 is 14.8. The summed E-state index contributed by atoms with van der Waals surface area (Å²) in [7, 11) is 1.89. The first-order valence-corrected chi connectivity index (χ1v) is 12.5. The van der Waals surface area contributed by atoms with Gasteiger partial charge in [0.1, 0.15) is 0 Å². The highest BCUT2D eigenvalue weighted by atomic mass is 16.5. The van der Waals surface area contributed by atoms with Gasteiger partial charge in [0.05, 0.1) is 31.5 Å². The highest BCUT2D eigenvalue weighted by Gasteiger charge is 2.42. The molecule has 0 spiro atoms. The highest BCUT2D eigenvalue weighted by molar-refractivity contribution is 5.36. The van der Waals surface area contributed by atoms with E-state index in [0.717, 1.165) is 25.2 Å². The maximum absolute atomic E-state index is 6.55. The minimum Gasteiger partial charge on any atom is -0.376 e. The number of hydrogen-bond acceptors (Lipinski definition) is 6. The molecule has 2 aliphatic rings. The number of hydrogen-bond donors (Lipinski definition) is 0. The lowest BCUT2D eigenvalue weighted by Gasteiger charge is -2.33. The molecule has 7 nitrogen and oxygen atoms in total. The lowest BCUT2D eigenvalue weighted by atomic mass is 9.83. The molecule has 1 aliphatic carbocycles. The van der Waals surface area contributed by atoms with Crippen molar-refractivity contribution in [3.05, 3.63) is 71.8 Å². The van der Waals surface area contributed by atoms with Gasteiger partial charge in [0.15, 0.2) is 0 Å². The standard InChI is InChI=1S/C27H35N5O2/c1-20-17-26(34-18-21-9-5-3-6-10-21)25(32(20)27-28-29-30-31(27)2)19-33-24-15-13-23(14-16-24)22-11-7-4-8-12-22/h3-12,20,23-26H,13-19H2,1-2H3/t20-,23?,24?,25+,26?/m1/s1. The van der Waals surface area contributed by atoms with Crippen molar-refractivity contribution in [3.63, 3.8) is 0 Å². The normalized spacial score (nSPS) is 27.2. The van der Waals surface area contributed by atoms with Gasteiger partial charge in [-0.05, 0) is 66.5 Å². The molecule has 2 aromatic carbocycles. The Balaban J connectivity index is 1.23. The zero-order valence-corrected chi connectivity index (χ0v) is 20.2. The fraction of sp³-hybridized carbons (Fsp3) is 0.519. The Morgan fingerprint density at radius 2 is 1.62 bits per heavy atom. The fourth-order valence-corrected chi connectivity index (χ4v) is 5.57. The Kier molecular flexibility index (Phi) is 7.21. The average Bonchev–Trinajstić information content (AvgIpc) is 3.44. The molecule has 1 unspecified atom stereocenters. The van der Waals surface area contributed by atoms with Crippen LogP contribution in [0.2, 0.25) is 0 Å². The summed E-state index contributed by atoms with van der Waals surface area (Å²) in [6.07, 6.45) is 5.85. The summed E-state index contributed by atoms with van der Waals surface area (Å²) in [6, 6.07) is 21.6. The molecule has 1 aliphatic heterocycles. The second-order valence-electron chi connectivity index (χ2n) is 9.71. The molecule has 34 heavy (non-hydrogen) atoms. The van der Waals surface area contributed by atoms with E-state index < -0.39 is 0 Å². The summed E-state index contributed by atoms with van der Waals surface area (Å²) in [5, 5.41) is 12.3. The first-order chi connectivity index (χ1) is 16.7. The quantitative estimate of drug-likeness (QED) is 0.492. The Morgan fingerprint density at radius 1 is 0.912 bits per heavy atom. The topological polar surface area (TPSA) is 65.3 Å². The van der Waals surface area contributed by atoms with Crippen LogP contribution in [-0.4, -0.2) is 51.1 Å². The van der Waals surface area contributed by atoms with Gasteiger partial charge in [-0.15, -0.1) is 0 Å². The zero-order valence-electron chi connectivity index (χ0n) is 20.2. The van der Waals surface area contributed by atoms with Crippen molar-refractivity contribution in [2.24, 2.45) is 7.05 Å². The monoisotopic (exact) mass is 461 g/mol. The molecule has 7 heteroatoms. The maximum Gasteiger partial charge on any atom is 0.245 e. The number of anilines is 1. The molecule has 1 saturated heterocycles. The molecule has 1 saturated carbocycles. The van der Waals surface area contributed by atoms with Crippen LogP contribution in [0.1, 0.15) is 56.1 Å². The lowest BCUT2D eigenvalue weighted by molar-refractivity contribution is -0.0227. The molecule has 0 radical (unpaired) electrons. The number of aryl methyl sites for hydroxylation is 1. The first-order valence-electron chi connectivity index (χ1n) is 12.5. The third-order valence-corrected chi connectivity index (χ3v) is 7.42. The number of nitrogens with zero attached hydrogens (tertiary/aromatic N) is 5. The largest absolute Gasteiger partial charge is 0.376 e. The third kappa shape index (κ3) is 5.15. The van der Waals surface area contributed by atoms with E-state index in [1.807, 2.05) is 13.1 Å². The number of aromatic nitrogens is 4. The molecular formula is C27H35N5O2. The smallest absolute Gasteiger partial charge is 0.245 e. The summed E-state index contributed by atoms with van der Waals surface area (Å²) in [5.41, 5.74) is 2.65. The van der Waals surface area contributed by atoms with Crippen LogP contribution in [0, 0.1) is 0 Å². The number of benzene rings is 2. The van der Waals surface area contributed by atoms with Gasteiger partial charge in [-0.25, -0.2) is 4.68 Å². The number of rotatable bonds is 8. The van der Waals surface area contributed by atoms with E-state index in [1.54, 1.807) is 4.68 Å². The van der Waals surface area contributed by atoms with E-state index in [4.69, 9.17) is 9.47 Å². The minimum absolute atomic E-state index is 0.0626. The molecular weight excluding hydrogens is 426 g/mol. The van der Waals surface area contributed by atoms with Crippen LogP contribution >= 0.6 is 0 Å². The first kappa shape index (κ1) is 23.0. The van der Waals surface area contributed by atoms with Crippen LogP contribution in [0.3, 0.4) is 0 Å². The van der Waals surface area contributed by atoms with Gasteiger partial charge in [0.25, 0.3) is 0 Å². The number of ether oxygens (including phenoxy) is 2. The van der Waals surface area contributed by atoms with Crippen molar-refractivity contribution in [3.8, 4) is 0 Å². The van der Waals surface area contributed by atoms with Crippen molar-refractivity contribution >= 4 is 5.95 Å². The highest BCUT2D eigenvalue weighted by Crippen LogP contribution is 2.36. The van der Waals surface area contributed by atoms with E-state index >= 15 is 0 Å². The molecule has 3 aromatic rings. The second kappa shape index (κ2) is 10.7. The van der Waals surface area contributed by atoms with Crippen molar-refractivity contribution in [2.75, 3.05) is 11.5 Å². The molecule has 0 amide bonds. The van der Waals surface area contributed by atoms with Crippen LogP contribution in [0.5, 0.6) is 0 Å². The molecule has 180 valence electrons. The van der Waals surface area contributed by atoms with Gasteiger partial charge >= 0.3 is 0 Å². The van der Waals surface area contributed by atoms with Gasteiger partial charge in [-0.3, -0.25) is 0 Å². The van der Waals surface area contributed by atoms with Crippen molar-refractivity contribution in [2.45, 2.75) is 75.8 Å². The number of tetrazole rings is 1. The molecule has 0 N–H and O–H groups in total. The van der Waals surface area contributed by atoms with E-state index in [0.29, 0.717) is 25.2 Å². The van der Waals surface area contributed by atoms with Crippen molar-refractivity contribution < 1.29 is 9.47 Å². The van der Waals surface area contributed by atoms with Gasteiger partial charge < -0.3 is 14.4 Å². The van der Waals surface area contributed by atoms with E-state index in [-0.39, 0.29) is 18.2 Å². The van der Waals surface area contributed by atoms with E-state index in [9.17, 15) is 0 Å². The average molecular weight is 462 g/mol. The van der Waals surface area contributed by atoms with Gasteiger partial charge in [0, 0.05) is 13.1 Å². The van der Waals surface area contributed by atoms with E-state index in [2.05, 4.69) is 81.9 Å². The Hall–Kier alpha value is -2.77. The van der Waals surface area contributed by atoms with Crippen molar-refractivity contribution in [1.29, 1.82) is 0 Å². The molecule has 3 atom stereocenters. The zero-order chi connectivity index (χ0) is 23.3. The molecule has 5 rings (SSSR count). The van der Waals surface area contributed by atoms with Crippen LogP contribution in [-0.2, 0) is 23.1 Å². The van der Waals surface area contributed by atoms with Gasteiger partial charge in [-0.2, -0.15) is 0 Å². The Bertz CT molecular complexity index is 1020. The van der Waals surface area contributed by atoms with Gasteiger partial charge in [0.2, 0.25) is 5.95 Å². The second-order valence-corrected chi connectivity index (χ2v) is 9.71. The Morgan fingerprint density at radius 3 is 2.29 bits per heavy atom. The summed E-state index contributed by atoms with van der Waals surface area (Å²) in [4.78, 5) is 2.30. The third-order valence-electron chi connectivity index (χ3n) is 7.42. The van der Waals surface area contributed by atoms with Crippen LogP contribution < -0.4 is 4.90 Å². The van der Waals surface area contributed by atoms with Crippen LogP contribution in [0.25, 0.3) is 0 Å². The lowest BCUT2D eigenvalue weighted by Crippen LogP contribution is -2.44. The molecule has 2 fully saturated rings. The predicted octanol–water partition coefficient (Wildman–Crippen LogP) is 4.51. The van der Waals surface area contributed by atoms with Crippen LogP contribution in [0.4, 0.5) is 5.95 Å². The molecule has 1 aromatic heterocycles. The molecule has 0 bridgehead atoms. The van der Waals surface area contributed by atoms with Crippen LogP contribution in [0.15, 0.2) is 60.7 Å². The van der Waals surface area contributed by atoms with Crippen molar-refractivity contribution in [1.82, 2.24) is 20.2 Å². The maximum atomic E-state index is 6.55. The van der Waals surface area contributed by atoms with E-state index in [1.165, 1.54) is 24.0 Å². The summed E-state index contributed by atoms with van der Waals surface area (Å²) in [6.45, 7) is 3.44. The van der Waals surface area contributed by atoms with Gasteiger partial charge in [-0.1, -0.05) is 65.8 Å². The SMILES string of the molecule is C[C@@H]1CC(OCc2ccccc2)[C@H](COC2CCC(c3ccccc3)CC2)N1c1nnnn1C.